The lowest BCUT2D eigenvalue weighted by Gasteiger charge is -2.09. The molecule has 3 aromatic rings. The molecule has 7 nitrogen and oxygen atoms in total. The molecule has 1 aliphatic carbocycles. The van der Waals surface area contributed by atoms with E-state index in [9.17, 15) is 9.59 Å². The highest BCUT2D eigenvalue weighted by molar-refractivity contribution is 6.04. The lowest BCUT2D eigenvalue weighted by atomic mass is 10.1. The highest BCUT2D eigenvalue weighted by Gasteiger charge is 2.44. The van der Waals surface area contributed by atoms with Gasteiger partial charge in [-0.3, -0.25) is 9.59 Å². The molecule has 1 aliphatic rings. The summed E-state index contributed by atoms with van der Waals surface area (Å²) in [7, 11) is 0. The fourth-order valence-electron chi connectivity index (χ4n) is 3.23. The second-order valence-corrected chi connectivity index (χ2v) is 6.68. The van der Waals surface area contributed by atoms with Crippen molar-refractivity contribution in [1.82, 2.24) is 14.6 Å². The van der Waals surface area contributed by atoms with Gasteiger partial charge in [0.2, 0.25) is 0 Å². The highest BCUT2D eigenvalue weighted by Crippen LogP contribution is 2.47. The number of hydrogen-bond donors (Lipinski definition) is 2. The van der Waals surface area contributed by atoms with Crippen LogP contribution in [0.2, 0.25) is 0 Å². The highest BCUT2D eigenvalue weighted by atomic mass is 16.4. The Bertz CT molecular complexity index is 1020. The molecule has 2 N–H and O–H groups in total. The van der Waals surface area contributed by atoms with Gasteiger partial charge in [-0.05, 0) is 43.9 Å². The van der Waals surface area contributed by atoms with E-state index >= 15 is 0 Å². The number of benzene rings is 1. The minimum atomic E-state index is -0.750. The number of carboxylic acids is 1. The molecule has 1 aromatic carbocycles. The number of rotatable bonds is 4. The summed E-state index contributed by atoms with van der Waals surface area (Å²) in [5.74, 6) is -1.21. The zero-order valence-corrected chi connectivity index (χ0v) is 14.4. The number of fused-ring (bicyclic) bond motifs is 1. The van der Waals surface area contributed by atoms with Crippen LogP contribution in [0.25, 0.3) is 5.65 Å². The van der Waals surface area contributed by atoms with E-state index in [1.807, 2.05) is 32.0 Å². The number of aryl methyl sites for hydroxylation is 2. The van der Waals surface area contributed by atoms with Gasteiger partial charge in [-0.1, -0.05) is 12.1 Å². The van der Waals surface area contributed by atoms with Gasteiger partial charge in [-0.15, -0.1) is 0 Å². The monoisotopic (exact) mass is 350 g/mol. The first kappa shape index (κ1) is 16.3. The Balaban J connectivity index is 1.51. The van der Waals surface area contributed by atoms with Crippen molar-refractivity contribution in [3.05, 3.63) is 59.0 Å². The van der Waals surface area contributed by atoms with Crippen LogP contribution < -0.4 is 5.32 Å². The summed E-state index contributed by atoms with van der Waals surface area (Å²) in [5, 5.41) is 16.2. The number of anilines is 1. The van der Waals surface area contributed by atoms with Gasteiger partial charge in [0, 0.05) is 18.0 Å². The molecular weight excluding hydrogens is 332 g/mol. The van der Waals surface area contributed by atoms with Crippen LogP contribution in [0, 0.1) is 19.8 Å². The predicted octanol–water partition coefficient (Wildman–Crippen LogP) is 2.79. The third-order valence-corrected chi connectivity index (χ3v) is 4.80. The molecule has 1 amide bonds. The van der Waals surface area contributed by atoms with Gasteiger partial charge in [0.15, 0.2) is 5.65 Å². The molecule has 0 unspecified atom stereocenters. The third-order valence-electron chi connectivity index (χ3n) is 4.80. The van der Waals surface area contributed by atoms with Crippen molar-refractivity contribution in [2.75, 3.05) is 5.32 Å². The van der Waals surface area contributed by atoms with Gasteiger partial charge in [0.25, 0.3) is 5.91 Å². The van der Waals surface area contributed by atoms with Crippen LogP contribution in [0.4, 0.5) is 5.69 Å². The largest absolute Gasteiger partial charge is 0.481 e. The number of nitrogens with zero attached hydrogens (tertiary/aromatic N) is 3. The summed E-state index contributed by atoms with van der Waals surface area (Å²) in [6.45, 7) is 3.71. The van der Waals surface area contributed by atoms with E-state index in [-0.39, 0.29) is 17.7 Å². The topological polar surface area (TPSA) is 96.6 Å². The predicted molar refractivity (Wildman–Crippen MR) is 95.3 cm³/mol. The second kappa shape index (κ2) is 5.94. The fraction of sp³-hybridized carbons (Fsp3) is 0.263. The Morgan fingerprint density at radius 1 is 1.23 bits per heavy atom. The average Bonchev–Trinajstić information content (AvgIpc) is 3.31. The summed E-state index contributed by atoms with van der Waals surface area (Å²) < 4.78 is 1.66. The molecule has 7 heteroatoms. The Morgan fingerprint density at radius 3 is 2.62 bits per heavy atom. The van der Waals surface area contributed by atoms with E-state index in [2.05, 4.69) is 15.4 Å². The van der Waals surface area contributed by atoms with Crippen LogP contribution in [-0.2, 0) is 4.79 Å². The minimum Gasteiger partial charge on any atom is -0.481 e. The fourth-order valence-corrected chi connectivity index (χ4v) is 3.23. The number of carbonyl (C=O) groups is 2. The van der Waals surface area contributed by atoms with Gasteiger partial charge in [-0.25, -0.2) is 9.50 Å². The van der Waals surface area contributed by atoms with Crippen LogP contribution in [0.15, 0.2) is 36.5 Å². The summed E-state index contributed by atoms with van der Waals surface area (Å²) in [5.41, 5.74) is 4.37. The maximum Gasteiger partial charge on any atom is 0.307 e. The van der Waals surface area contributed by atoms with Crippen molar-refractivity contribution >= 4 is 23.2 Å². The first-order chi connectivity index (χ1) is 12.4. The van der Waals surface area contributed by atoms with Gasteiger partial charge in [-0.2, -0.15) is 5.10 Å². The van der Waals surface area contributed by atoms with Crippen molar-refractivity contribution in [3.63, 3.8) is 0 Å². The van der Waals surface area contributed by atoms with E-state index in [0.29, 0.717) is 23.3 Å². The van der Waals surface area contributed by atoms with Crippen LogP contribution in [-0.4, -0.2) is 31.6 Å². The SMILES string of the molecule is Cc1cc2ncc(C(=O)Nc3ccc([C@@H]4C[C@H]4C(=O)O)cc3)c(C)n2n1. The molecule has 0 spiro atoms. The molecule has 1 fully saturated rings. The maximum atomic E-state index is 12.6. The number of aromatic nitrogens is 3. The average molecular weight is 350 g/mol. The molecule has 2 aromatic heterocycles. The van der Waals surface area contributed by atoms with Crippen molar-refractivity contribution in [2.45, 2.75) is 26.2 Å². The Morgan fingerprint density at radius 2 is 1.96 bits per heavy atom. The van der Waals surface area contributed by atoms with Gasteiger partial charge < -0.3 is 10.4 Å². The molecule has 1 saturated carbocycles. The Hall–Kier alpha value is -3.22. The molecule has 0 aliphatic heterocycles. The molecule has 2 heterocycles. The number of carbonyl (C=O) groups excluding carboxylic acids is 1. The lowest BCUT2D eigenvalue weighted by molar-refractivity contribution is -0.138. The van der Waals surface area contributed by atoms with Gasteiger partial charge in [0.1, 0.15) is 0 Å². The standard InChI is InChI=1S/C19H18N4O3/c1-10-7-17-20-9-16(11(2)23(17)22-10)18(24)21-13-5-3-12(4-6-13)14-8-15(14)19(25)26/h3-7,9,14-15H,8H2,1-2H3,(H,21,24)(H,25,26)/t14-,15+/m0/s1. The van der Waals surface area contributed by atoms with Gasteiger partial charge >= 0.3 is 5.97 Å². The van der Waals surface area contributed by atoms with Crippen molar-refractivity contribution < 1.29 is 14.7 Å². The van der Waals surface area contributed by atoms with E-state index in [1.54, 1.807) is 22.8 Å². The molecular formula is C19H18N4O3. The molecule has 132 valence electrons. The third kappa shape index (κ3) is 2.81. The lowest BCUT2D eigenvalue weighted by Crippen LogP contribution is -2.16. The molecule has 0 bridgehead atoms. The van der Waals surface area contributed by atoms with Crippen molar-refractivity contribution in [3.8, 4) is 0 Å². The van der Waals surface area contributed by atoms with E-state index < -0.39 is 5.97 Å². The second-order valence-electron chi connectivity index (χ2n) is 6.68. The summed E-state index contributed by atoms with van der Waals surface area (Å²) in [4.78, 5) is 27.8. The molecule has 2 atom stereocenters. The summed E-state index contributed by atoms with van der Waals surface area (Å²) in [6, 6.07) is 9.19. The first-order valence-corrected chi connectivity index (χ1v) is 8.40. The molecule has 0 radical (unpaired) electrons. The molecule has 0 saturated heterocycles. The number of amides is 1. The summed E-state index contributed by atoms with van der Waals surface area (Å²) in [6.07, 6.45) is 2.23. The van der Waals surface area contributed by atoms with Crippen molar-refractivity contribution in [2.24, 2.45) is 5.92 Å². The maximum absolute atomic E-state index is 12.6. The zero-order valence-electron chi connectivity index (χ0n) is 14.4. The van der Waals surface area contributed by atoms with Gasteiger partial charge in [0.05, 0.1) is 22.9 Å². The quantitative estimate of drug-likeness (QED) is 0.754. The van der Waals surface area contributed by atoms with E-state index in [0.717, 1.165) is 17.0 Å². The summed E-state index contributed by atoms with van der Waals surface area (Å²) >= 11 is 0. The van der Waals surface area contributed by atoms with Crippen LogP contribution in [0.1, 0.15) is 39.6 Å². The number of hydrogen-bond acceptors (Lipinski definition) is 4. The Kier molecular flexibility index (Phi) is 3.72. The smallest absolute Gasteiger partial charge is 0.307 e. The van der Waals surface area contributed by atoms with E-state index in [1.165, 1.54) is 0 Å². The minimum absolute atomic E-state index is 0.0779. The van der Waals surface area contributed by atoms with Crippen LogP contribution in [0.3, 0.4) is 0 Å². The molecule has 4 rings (SSSR count). The number of nitrogens with one attached hydrogen (secondary N) is 1. The van der Waals surface area contributed by atoms with Crippen molar-refractivity contribution in [1.29, 1.82) is 0 Å². The number of carboxylic acid groups (broad SMARTS) is 1. The Labute approximate surface area is 149 Å². The van der Waals surface area contributed by atoms with Crippen LogP contribution >= 0.6 is 0 Å². The normalized spacial score (nSPS) is 18.7. The zero-order chi connectivity index (χ0) is 18.4. The number of aliphatic carboxylic acids is 1. The first-order valence-electron chi connectivity index (χ1n) is 8.40. The van der Waals surface area contributed by atoms with E-state index in [4.69, 9.17) is 5.11 Å². The molecule has 26 heavy (non-hydrogen) atoms. The van der Waals surface area contributed by atoms with Crippen LogP contribution in [0.5, 0.6) is 0 Å².